The average molecular weight is 312 g/mol. The molecular formula is C14H16O8. The van der Waals surface area contributed by atoms with Crippen LogP contribution in [0, 0.1) is 0 Å². The van der Waals surface area contributed by atoms with Gasteiger partial charge >= 0.3 is 11.9 Å². The molecule has 2 aliphatic heterocycles. The number of ether oxygens (including phenoxy) is 2. The first kappa shape index (κ1) is 19.1. The predicted molar refractivity (Wildman–Crippen MR) is 73.6 cm³/mol. The molecule has 0 atom stereocenters. The standard InChI is InChI=1S/C10H8O4.2C2H4O2/c11-9-7-1-2-8(4-3-7)10(12)14-6-5-13-9;2*1-2(3)4/h1-4H,5-6H2;2*1H3,(H,3,4). The molecule has 2 N–H and O–H groups in total. The number of benzene rings is 1. The van der Waals surface area contributed by atoms with Crippen LogP contribution >= 0.6 is 0 Å². The minimum atomic E-state index is -0.833. The monoisotopic (exact) mass is 312 g/mol. The number of carboxylic acids is 2. The van der Waals surface area contributed by atoms with Gasteiger partial charge < -0.3 is 19.7 Å². The first-order valence-corrected chi connectivity index (χ1v) is 6.07. The van der Waals surface area contributed by atoms with Gasteiger partial charge in [0.05, 0.1) is 11.1 Å². The van der Waals surface area contributed by atoms with Gasteiger partial charge in [0.1, 0.15) is 13.2 Å². The number of carbonyl (C=O) groups is 4. The molecule has 8 nitrogen and oxygen atoms in total. The second-order valence-electron chi connectivity index (χ2n) is 3.89. The van der Waals surface area contributed by atoms with Gasteiger partial charge in [-0.05, 0) is 24.3 Å². The van der Waals surface area contributed by atoms with E-state index in [-0.39, 0.29) is 13.2 Å². The molecule has 1 aromatic rings. The summed E-state index contributed by atoms with van der Waals surface area (Å²) >= 11 is 0. The third-order valence-electron chi connectivity index (χ3n) is 1.91. The summed E-state index contributed by atoms with van der Waals surface area (Å²) in [7, 11) is 0. The molecule has 3 rings (SSSR count). The molecule has 0 amide bonds. The molecule has 22 heavy (non-hydrogen) atoms. The molecule has 0 unspecified atom stereocenters. The number of esters is 2. The number of carboxylic acid groups (broad SMARTS) is 2. The van der Waals surface area contributed by atoms with E-state index in [0.29, 0.717) is 11.1 Å². The smallest absolute Gasteiger partial charge is 0.338 e. The first-order valence-electron chi connectivity index (χ1n) is 6.07. The average Bonchev–Trinajstić information content (AvgIpc) is 2.42. The quantitative estimate of drug-likeness (QED) is 0.684. The fourth-order valence-corrected chi connectivity index (χ4v) is 1.18. The lowest BCUT2D eigenvalue weighted by Gasteiger charge is -2.09. The Labute approximate surface area is 126 Å². The van der Waals surface area contributed by atoms with Gasteiger partial charge in [0.15, 0.2) is 0 Å². The lowest BCUT2D eigenvalue weighted by molar-refractivity contribution is -0.135. The molecule has 2 aliphatic rings. The Balaban J connectivity index is 0.000000464. The second kappa shape index (κ2) is 9.92. The Morgan fingerprint density at radius 3 is 1.27 bits per heavy atom. The Kier molecular flexibility index (Phi) is 8.61. The van der Waals surface area contributed by atoms with Crippen molar-refractivity contribution >= 4 is 23.9 Å². The van der Waals surface area contributed by atoms with Crippen molar-refractivity contribution in [2.24, 2.45) is 0 Å². The molecule has 0 saturated heterocycles. The summed E-state index contributed by atoms with van der Waals surface area (Å²) in [6, 6.07) is 6.18. The van der Waals surface area contributed by atoms with Gasteiger partial charge in [-0.2, -0.15) is 0 Å². The summed E-state index contributed by atoms with van der Waals surface area (Å²) in [4.78, 5) is 40.5. The van der Waals surface area contributed by atoms with Crippen molar-refractivity contribution in [3.05, 3.63) is 35.4 Å². The van der Waals surface area contributed by atoms with E-state index < -0.39 is 23.9 Å². The molecule has 120 valence electrons. The summed E-state index contributed by atoms with van der Waals surface area (Å²) in [6.45, 7) is 2.37. The van der Waals surface area contributed by atoms with Gasteiger partial charge in [0.25, 0.3) is 11.9 Å². The lowest BCUT2D eigenvalue weighted by atomic mass is 10.1. The van der Waals surface area contributed by atoms with Crippen molar-refractivity contribution in [3.8, 4) is 0 Å². The van der Waals surface area contributed by atoms with Crippen LogP contribution in [0.25, 0.3) is 0 Å². The minimum absolute atomic E-state index is 0.100. The van der Waals surface area contributed by atoms with Crippen molar-refractivity contribution < 1.29 is 38.9 Å². The topological polar surface area (TPSA) is 127 Å². The zero-order chi connectivity index (χ0) is 17.1. The molecule has 1 aromatic carbocycles. The highest BCUT2D eigenvalue weighted by atomic mass is 16.6. The number of fused-ring (bicyclic) bond motifs is 7. The van der Waals surface area contributed by atoms with E-state index in [4.69, 9.17) is 29.3 Å². The SMILES string of the molecule is CC(=O)O.CC(=O)O.O=C1OCCOC(=O)c2ccc1cc2. The number of carbonyl (C=O) groups excluding carboxylic acids is 2. The van der Waals surface area contributed by atoms with Crippen LogP contribution in [0.5, 0.6) is 0 Å². The summed E-state index contributed by atoms with van der Waals surface area (Å²) in [6.07, 6.45) is 0. The fraction of sp³-hybridized carbons (Fsp3) is 0.286. The largest absolute Gasteiger partial charge is 0.481 e. The zero-order valence-electron chi connectivity index (χ0n) is 12.1. The molecule has 0 aliphatic carbocycles. The van der Waals surface area contributed by atoms with Crippen LogP contribution < -0.4 is 0 Å². The predicted octanol–water partition coefficient (Wildman–Crippen LogP) is 1.20. The molecule has 0 saturated carbocycles. The van der Waals surface area contributed by atoms with Gasteiger partial charge in [-0.15, -0.1) is 0 Å². The van der Waals surface area contributed by atoms with E-state index in [9.17, 15) is 9.59 Å². The highest BCUT2D eigenvalue weighted by Crippen LogP contribution is 2.09. The third kappa shape index (κ3) is 9.08. The van der Waals surface area contributed by atoms with Gasteiger partial charge in [0, 0.05) is 13.8 Å². The maximum atomic E-state index is 11.3. The maximum Gasteiger partial charge on any atom is 0.338 e. The molecular weight excluding hydrogens is 296 g/mol. The van der Waals surface area contributed by atoms with Crippen molar-refractivity contribution in [2.45, 2.75) is 13.8 Å². The maximum absolute atomic E-state index is 11.3. The van der Waals surface area contributed by atoms with Crippen LogP contribution in [0.3, 0.4) is 0 Å². The van der Waals surface area contributed by atoms with Crippen LogP contribution in [-0.4, -0.2) is 47.3 Å². The van der Waals surface area contributed by atoms with Gasteiger partial charge in [-0.25, -0.2) is 9.59 Å². The van der Waals surface area contributed by atoms with Gasteiger partial charge in [-0.1, -0.05) is 0 Å². The van der Waals surface area contributed by atoms with Crippen molar-refractivity contribution in [2.75, 3.05) is 13.2 Å². The first-order chi connectivity index (χ1) is 10.2. The van der Waals surface area contributed by atoms with Crippen LogP contribution in [-0.2, 0) is 19.1 Å². The van der Waals surface area contributed by atoms with E-state index in [1.807, 2.05) is 0 Å². The minimum Gasteiger partial charge on any atom is -0.481 e. The summed E-state index contributed by atoms with van der Waals surface area (Å²) in [5.74, 6) is -2.45. The second-order valence-corrected chi connectivity index (χ2v) is 3.89. The third-order valence-corrected chi connectivity index (χ3v) is 1.91. The molecule has 2 heterocycles. The van der Waals surface area contributed by atoms with E-state index >= 15 is 0 Å². The Morgan fingerprint density at radius 1 is 0.818 bits per heavy atom. The lowest BCUT2D eigenvalue weighted by Crippen LogP contribution is -2.16. The number of rotatable bonds is 0. The Morgan fingerprint density at radius 2 is 1.05 bits per heavy atom. The van der Waals surface area contributed by atoms with Gasteiger partial charge in [0.2, 0.25) is 0 Å². The number of aliphatic carboxylic acids is 2. The Hall–Kier alpha value is -2.90. The van der Waals surface area contributed by atoms with Crippen molar-refractivity contribution in [3.63, 3.8) is 0 Å². The molecule has 0 radical (unpaired) electrons. The van der Waals surface area contributed by atoms with Crippen LogP contribution in [0.1, 0.15) is 34.6 Å². The van der Waals surface area contributed by atoms with Crippen molar-refractivity contribution in [1.29, 1.82) is 0 Å². The van der Waals surface area contributed by atoms with E-state index in [0.717, 1.165) is 13.8 Å². The number of hydrogen-bond acceptors (Lipinski definition) is 6. The molecule has 0 aromatic heterocycles. The Bertz CT molecular complexity index is 475. The normalized spacial score (nSPS) is 12.5. The zero-order valence-corrected chi connectivity index (χ0v) is 12.1. The highest BCUT2D eigenvalue weighted by Gasteiger charge is 2.13. The molecule has 8 heteroatoms. The fourth-order valence-electron chi connectivity index (χ4n) is 1.18. The summed E-state index contributed by atoms with van der Waals surface area (Å²) in [5, 5.41) is 14.8. The van der Waals surface area contributed by atoms with E-state index in [1.54, 1.807) is 24.3 Å². The molecule has 2 bridgehead atoms. The summed E-state index contributed by atoms with van der Waals surface area (Å²) < 4.78 is 9.66. The van der Waals surface area contributed by atoms with E-state index in [2.05, 4.69) is 0 Å². The summed E-state index contributed by atoms with van der Waals surface area (Å²) in [5.41, 5.74) is 0.895. The molecule has 0 spiro atoms. The van der Waals surface area contributed by atoms with E-state index in [1.165, 1.54) is 0 Å². The van der Waals surface area contributed by atoms with Crippen LogP contribution in [0.15, 0.2) is 24.3 Å². The van der Waals surface area contributed by atoms with Crippen LogP contribution in [0.2, 0.25) is 0 Å². The van der Waals surface area contributed by atoms with Gasteiger partial charge in [-0.3, -0.25) is 9.59 Å². The highest BCUT2D eigenvalue weighted by molar-refractivity contribution is 5.93. The van der Waals surface area contributed by atoms with Crippen molar-refractivity contribution in [1.82, 2.24) is 0 Å². The molecule has 0 fully saturated rings. The number of hydrogen-bond donors (Lipinski definition) is 2. The van der Waals surface area contributed by atoms with Crippen LogP contribution in [0.4, 0.5) is 0 Å².